The Labute approximate surface area is 126 Å². The van der Waals surface area contributed by atoms with Gasteiger partial charge in [0.05, 0.1) is 13.0 Å². The highest BCUT2D eigenvalue weighted by atomic mass is 16.5. The Bertz CT molecular complexity index is 428. The summed E-state index contributed by atoms with van der Waals surface area (Å²) in [6.45, 7) is 2.35. The van der Waals surface area contributed by atoms with Gasteiger partial charge in [0, 0.05) is 6.42 Å². The van der Waals surface area contributed by atoms with Crippen molar-refractivity contribution in [3.05, 3.63) is 35.9 Å². The van der Waals surface area contributed by atoms with Crippen LogP contribution in [-0.2, 0) is 25.7 Å². The molecule has 1 unspecified atom stereocenters. The van der Waals surface area contributed by atoms with Crippen molar-refractivity contribution in [3.63, 3.8) is 0 Å². The molecule has 4 heteroatoms. The molecule has 0 N–H and O–H groups in total. The van der Waals surface area contributed by atoms with E-state index < -0.39 is 0 Å². The molecular weight excluding hydrogens is 268 g/mol. The molecule has 116 valence electrons. The van der Waals surface area contributed by atoms with E-state index in [4.69, 9.17) is 4.74 Å². The molecule has 0 bridgehead atoms. The molecule has 0 spiro atoms. The van der Waals surface area contributed by atoms with E-state index in [0.717, 1.165) is 24.8 Å². The molecule has 0 radical (unpaired) electrons. The van der Waals surface area contributed by atoms with Gasteiger partial charge in [0.1, 0.15) is 6.61 Å². The molecule has 0 aliphatic heterocycles. The van der Waals surface area contributed by atoms with Gasteiger partial charge in [-0.05, 0) is 18.4 Å². The van der Waals surface area contributed by atoms with Crippen molar-refractivity contribution in [2.24, 2.45) is 5.92 Å². The summed E-state index contributed by atoms with van der Waals surface area (Å²) in [5.74, 6) is -0.740. The number of rotatable bonds is 9. The van der Waals surface area contributed by atoms with E-state index in [1.165, 1.54) is 7.11 Å². The number of ether oxygens (including phenoxy) is 2. The minimum Gasteiger partial charge on any atom is -0.469 e. The first-order chi connectivity index (χ1) is 10.2. The molecule has 1 aromatic carbocycles. The van der Waals surface area contributed by atoms with Gasteiger partial charge in [-0.25, -0.2) is 0 Å². The van der Waals surface area contributed by atoms with Gasteiger partial charge >= 0.3 is 11.9 Å². The van der Waals surface area contributed by atoms with Crippen LogP contribution in [-0.4, -0.2) is 19.0 Å². The van der Waals surface area contributed by atoms with E-state index in [9.17, 15) is 9.59 Å². The van der Waals surface area contributed by atoms with Crippen molar-refractivity contribution in [1.82, 2.24) is 0 Å². The van der Waals surface area contributed by atoms with Gasteiger partial charge in [-0.2, -0.15) is 0 Å². The summed E-state index contributed by atoms with van der Waals surface area (Å²) in [5, 5.41) is 0. The Morgan fingerprint density at radius 3 is 2.48 bits per heavy atom. The molecule has 0 aliphatic rings. The SMILES string of the molecule is CCCCC(CCC(=O)OC)C(=O)OCc1ccccc1. The zero-order valence-electron chi connectivity index (χ0n) is 12.8. The summed E-state index contributed by atoms with van der Waals surface area (Å²) in [6, 6.07) is 9.58. The van der Waals surface area contributed by atoms with Crippen LogP contribution in [0.25, 0.3) is 0 Å². The van der Waals surface area contributed by atoms with Crippen molar-refractivity contribution in [2.75, 3.05) is 7.11 Å². The molecule has 0 fully saturated rings. The lowest BCUT2D eigenvalue weighted by Gasteiger charge is -2.15. The largest absolute Gasteiger partial charge is 0.469 e. The van der Waals surface area contributed by atoms with Crippen molar-refractivity contribution in [2.45, 2.75) is 45.6 Å². The third-order valence-corrected chi connectivity index (χ3v) is 3.39. The Balaban J connectivity index is 2.47. The number of unbranched alkanes of at least 4 members (excludes halogenated alkanes) is 1. The summed E-state index contributed by atoms with van der Waals surface area (Å²) in [6.07, 6.45) is 3.46. The van der Waals surface area contributed by atoms with Gasteiger partial charge in [0.25, 0.3) is 0 Å². The van der Waals surface area contributed by atoms with Crippen LogP contribution in [0.3, 0.4) is 0 Å². The predicted molar refractivity (Wildman–Crippen MR) is 80.5 cm³/mol. The number of esters is 2. The molecule has 1 atom stereocenters. The van der Waals surface area contributed by atoms with Crippen LogP contribution in [0.2, 0.25) is 0 Å². The zero-order valence-corrected chi connectivity index (χ0v) is 12.8. The summed E-state index contributed by atoms with van der Waals surface area (Å²) in [7, 11) is 1.36. The predicted octanol–water partition coefficient (Wildman–Crippen LogP) is 3.49. The van der Waals surface area contributed by atoms with Gasteiger partial charge in [-0.15, -0.1) is 0 Å². The monoisotopic (exact) mass is 292 g/mol. The fraction of sp³-hybridized carbons (Fsp3) is 0.529. The third kappa shape index (κ3) is 6.93. The topological polar surface area (TPSA) is 52.6 Å². The zero-order chi connectivity index (χ0) is 15.5. The van der Waals surface area contributed by atoms with Gasteiger partial charge in [0.2, 0.25) is 0 Å². The van der Waals surface area contributed by atoms with E-state index in [-0.39, 0.29) is 30.9 Å². The van der Waals surface area contributed by atoms with E-state index in [1.807, 2.05) is 30.3 Å². The normalized spacial score (nSPS) is 11.7. The Morgan fingerprint density at radius 1 is 1.14 bits per heavy atom. The molecule has 1 rings (SSSR count). The lowest BCUT2D eigenvalue weighted by Crippen LogP contribution is -2.19. The average Bonchev–Trinajstić information content (AvgIpc) is 2.53. The van der Waals surface area contributed by atoms with Gasteiger partial charge in [-0.3, -0.25) is 9.59 Å². The van der Waals surface area contributed by atoms with Crippen LogP contribution >= 0.6 is 0 Å². The highest BCUT2D eigenvalue weighted by Crippen LogP contribution is 2.18. The van der Waals surface area contributed by atoms with Crippen molar-refractivity contribution in [1.29, 1.82) is 0 Å². The van der Waals surface area contributed by atoms with Crippen molar-refractivity contribution in [3.8, 4) is 0 Å². The summed E-state index contributed by atoms with van der Waals surface area (Å²) in [4.78, 5) is 23.4. The second-order valence-electron chi connectivity index (χ2n) is 5.05. The summed E-state index contributed by atoms with van der Waals surface area (Å²) < 4.78 is 9.99. The summed E-state index contributed by atoms with van der Waals surface area (Å²) >= 11 is 0. The van der Waals surface area contributed by atoms with E-state index >= 15 is 0 Å². The molecule has 4 nitrogen and oxygen atoms in total. The molecule has 0 saturated carbocycles. The Hall–Kier alpha value is -1.84. The number of methoxy groups -OCH3 is 1. The lowest BCUT2D eigenvalue weighted by atomic mass is 9.97. The van der Waals surface area contributed by atoms with Crippen LogP contribution in [0.4, 0.5) is 0 Å². The van der Waals surface area contributed by atoms with Crippen LogP contribution < -0.4 is 0 Å². The second kappa shape index (κ2) is 9.97. The number of carbonyl (C=O) groups is 2. The minimum atomic E-state index is -0.285. The minimum absolute atomic E-state index is 0.226. The quantitative estimate of drug-likeness (QED) is 0.654. The summed E-state index contributed by atoms with van der Waals surface area (Å²) in [5.41, 5.74) is 0.966. The van der Waals surface area contributed by atoms with E-state index in [0.29, 0.717) is 6.42 Å². The first kappa shape index (κ1) is 17.2. The molecule has 0 heterocycles. The lowest BCUT2D eigenvalue weighted by molar-refractivity contribution is -0.151. The van der Waals surface area contributed by atoms with Crippen LogP contribution in [0.15, 0.2) is 30.3 Å². The average molecular weight is 292 g/mol. The standard InChI is InChI=1S/C17H24O4/c1-3-4-10-15(11-12-16(18)20-2)17(19)21-13-14-8-6-5-7-9-14/h5-9,15H,3-4,10-13H2,1-2H3. The van der Waals surface area contributed by atoms with Gasteiger partial charge in [0.15, 0.2) is 0 Å². The fourth-order valence-electron chi connectivity index (χ4n) is 2.07. The van der Waals surface area contributed by atoms with Gasteiger partial charge in [-0.1, -0.05) is 50.1 Å². The van der Waals surface area contributed by atoms with Crippen molar-refractivity contribution < 1.29 is 19.1 Å². The first-order valence-corrected chi connectivity index (χ1v) is 7.44. The number of hydrogen-bond donors (Lipinski definition) is 0. The maximum Gasteiger partial charge on any atom is 0.309 e. The molecule has 1 aromatic rings. The maximum atomic E-state index is 12.1. The van der Waals surface area contributed by atoms with Gasteiger partial charge < -0.3 is 9.47 Å². The Kier molecular flexibility index (Phi) is 8.17. The number of hydrogen-bond acceptors (Lipinski definition) is 4. The molecule has 0 saturated heterocycles. The van der Waals surface area contributed by atoms with Crippen molar-refractivity contribution >= 4 is 11.9 Å². The maximum absolute atomic E-state index is 12.1. The highest BCUT2D eigenvalue weighted by Gasteiger charge is 2.21. The third-order valence-electron chi connectivity index (χ3n) is 3.39. The number of benzene rings is 1. The Morgan fingerprint density at radius 2 is 1.86 bits per heavy atom. The van der Waals surface area contributed by atoms with E-state index in [1.54, 1.807) is 0 Å². The first-order valence-electron chi connectivity index (χ1n) is 7.44. The molecular formula is C17H24O4. The van der Waals surface area contributed by atoms with E-state index in [2.05, 4.69) is 11.7 Å². The highest BCUT2D eigenvalue weighted by molar-refractivity contribution is 5.74. The fourth-order valence-corrected chi connectivity index (χ4v) is 2.07. The molecule has 0 aliphatic carbocycles. The second-order valence-corrected chi connectivity index (χ2v) is 5.05. The number of carbonyl (C=O) groups excluding carboxylic acids is 2. The van der Waals surface area contributed by atoms with Crippen LogP contribution in [0, 0.1) is 5.92 Å². The smallest absolute Gasteiger partial charge is 0.309 e. The molecule has 0 aromatic heterocycles. The molecule has 21 heavy (non-hydrogen) atoms. The molecule has 0 amide bonds. The van der Waals surface area contributed by atoms with Crippen LogP contribution in [0.5, 0.6) is 0 Å². The van der Waals surface area contributed by atoms with Crippen LogP contribution in [0.1, 0.15) is 44.6 Å².